The van der Waals surface area contributed by atoms with Gasteiger partial charge in [-0.15, -0.1) is 11.8 Å². The van der Waals surface area contributed by atoms with Gasteiger partial charge in [-0.3, -0.25) is 4.79 Å². The maximum Gasteiger partial charge on any atom is 0.234 e. The van der Waals surface area contributed by atoms with Crippen molar-refractivity contribution < 1.29 is 23.0 Å². The van der Waals surface area contributed by atoms with Gasteiger partial charge in [0.2, 0.25) is 5.91 Å². The fraction of sp³-hybridized carbons (Fsp3) is 0.278. The van der Waals surface area contributed by atoms with Gasteiger partial charge in [0.1, 0.15) is 0 Å². The lowest BCUT2D eigenvalue weighted by atomic mass is 10.2. The lowest BCUT2D eigenvalue weighted by Crippen LogP contribution is -2.14. The Bertz CT molecular complexity index is 740. The molecular weight excluding hydrogens is 348 g/mol. The van der Waals surface area contributed by atoms with E-state index < -0.39 is 11.6 Å². The molecule has 0 aliphatic carbocycles. The smallest absolute Gasteiger partial charge is 0.234 e. The second-order valence-electron chi connectivity index (χ2n) is 4.94. The average Bonchev–Trinajstić information content (AvgIpc) is 2.59. The Morgan fingerprint density at radius 2 is 1.72 bits per heavy atom. The number of carbonyl (C=O) groups is 1. The second kappa shape index (κ2) is 9.27. The molecule has 0 bridgehead atoms. The van der Waals surface area contributed by atoms with E-state index >= 15 is 0 Å². The molecule has 134 valence electrons. The van der Waals surface area contributed by atoms with E-state index in [1.54, 1.807) is 18.2 Å². The van der Waals surface area contributed by atoms with Crippen LogP contribution in [0.1, 0.15) is 13.8 Å². The monoisotopic (exact) mass is 367 g/mol. The molecule has 4 nitrogen and oxygen atoms in total. The minimum Gasteiger partial charge on any atom is -0.490 e. The van der Waals surface area contributed by atoms with Crippen molar-refractivity contribution >= 4 is 23.4 Å². The molecule has 2 aromatic rings. The summed E-state index contributed by atoms with van der Waals surface area (Å²) in [6.07, 6.45) is 0. The summed E-state index contributed by atoms with van der Waals surface area (Å²) < 4.78 is 37.0. The van der Waals surface area contributed by atoms with E-state index in [1.165, 1.54) is 6.07 Å². The van der Waals surface area contributed by atoms with Gasteiger partial charge in [-0.05, 0) is 44.2 Å². The summed E-state index contributed by atoms with van der Waals surface area (Å²) in [7, 11) is 0. The van der Waals surface area contributed by atoms with Gasteiger partial charge in [0.05, 0.1) is 19.0 Å². The van der Waals surface area contributed by atoms with Crippen LogP contribution in [0.25, 0.3) is 0 Å². The molecule has 0 saturated heterocycles. The van der Waals surface area contributed by atoms with Crippen LogP contribution in [-0.4, -0.2) is 24.9 Å². The number of thioether (sulfide) groups is 1. The van der Waals surface area contributed by atoms with Gasteiger partial charge in [-0.2, -0.15) is 0 Å². The molecule has 2 rings (SSSR count). The van der Waals surface area contributed by atoms with Crippen molar-refractivity contribution in [3.8, 4) is 11.5 Å². The number of nitrogens with one attached hydrogen (secondary N) is 1. The zero-order chi connectivity index (χ0) is 18.2. The molecule has 0 spiro atoms. The zero-order valence-electron chi connectivity index (χ0n) is 14.0. The Morgan fingerprint density at radius 1 is 1.00 bits per heavy atom. The third-order valence-electron chi connectivity index (χ3n) is 3.09. The van der Waals surface area contributed by atoms with Crippen molar-refractivity contribution in [3.63, 3.8) is 0 Å². The molecule has 0 saturated carbocycles. The molecule has 1 amide bonds. The first kappa shape index (κ1) is 19.1. The first-order valence-corrected chi connectivity index (χ1v) is 8.79. The number of amides is 1. The van der Waals surface area contributed by atoms with Crippen LogP contribution in [0.4, 0.5) is 14.5 Å². The van der Waals surface area contributed by atoms with Crippen LogP contribution >= 0.6 is 11.8 Å². The topological polar surface area (TPSA) is 47.6 Å². The lowest BCUT2D eigenvalue weighted by molar-refractivity contribution is -0.113. The van der Waals surface area contributed by atoms with Crippen molar-refractivity contribution in [1.82, 2.24) is 0 Å². The van der Waals surface area contributed by atoms with E-state index in [4.69, 9.17) is 9.47 Å². The fourth-order valence-corrected chi connectivity index (χ4v) is 2.76. The van der Waals surface area contributed by atoms with E-state index in [0.717, 1.165) is 23.9 Å². The maximum atomic E-state index is 13.2. The van der Waals surface area contributed by atoms with Crippen molar-refractivity contribution in [1.29, 1.82) is 0 Å². The molecule has 0 aromatic heterocycles. The van der Waals surface area contributed by atoms with Crippen molar-refractivity contribution in [2.75, 3.05) is 24.3 Å². The fourth-order valence-electron chi connectivity index (χ4n) is 2.04. The highest BCUT2D eigenvalue weighted by molar-refractivity contribution is 8.00. The Hall–Kier alpha value is -2.28. The molecule has 0 radical (unpaired) electrons. The van der Waals surface area contributed by atoms with Crippen LogP contribution in [0.15, 0.2) is 41.3 Å². The van der Waals surface area contributed by atoms with Gasteiger partial charge >= 0.3 is 0 Å². The summed E-state index contributed by atoms with van der Waals surface area (Å²) in [5.41, 5.74) is 0.572. The van der Waals surface area contributed by atoms with E-state index in [1.807, 2.05) is 13.8 Å². The molecule has 2 aromatic carbocycles. The van der Waals surface area contributed by atoms with Gasteiger partial charge in [-0.25, -0.2) is 8.78 Å². The number of hydrogen-bond donors (Lipinski definition) is 1. The number of benzene rings is 2. The number of rotatable bonds is 8. The summed E-state index contributed by atoms with van der Waals surface area (Å²) in [6, 6.07) is 8.67. The van der Waals surface area contributed by atoms with Crippen LogP contribution in [-0.2, 0) is 4.79 Å². The zero-order valence-corrected chi connectivity index (χ0v) is 14.8. The molecule has 0 unspecified atom stereocenters. The molecular formula is C18H19F2NO3S. The molecule has 0 heterocycles. The van der Waals surface area contributed by atoms with Crippen LogP contribution in [0, 0.1) is 11.6 Å². The number of ether oxygens (including phenoxy) is 2. The van der Waals surface area contributed by atoms with Crippen LogP contribution < -0.4 is 14.8 Å². The largest absolute Gasteiger partial charge is 0.490 e. The molecule has 0 fully saturated rings. The minimum atomic E-state index is -0.932. The molecule has 0 aliphatic heterocycles. The third kappa shape index (κ3) is 5.63. The van der Waals surface area contributed by atoms with E-state index in [9.17, 15) is 13.6 Å². The van der Waals surface area contributed by atoms with Gasteiger partial charge in [-0.1, -0.05) is 0 Å². The molecule has 0 atom stereocenters. The minimum absolute atomic E-state index is 0.0717. The number of carbonyl (C=O) groups excluding carboxylic acids is 1. The van der Waals surface area contributed by atoms with Crippen molar-refractivity contribution in [3.05, 3.63) is 48.0 Å². The predicted octanol–water partition coefficient (Wildman–Crippen LogP) is 4.49. The Morgan fingerprint density at radius 3 is 2.40 bits per heavy atom. The number of halogens is 2. The van der Waals surface area contributed by atoms with E-state index in [2.05, 4.69) is 5.32 Å². The third-order valence-corrected chi connectivity index (χ3v) is 4.08. The highest BCUT2D eigenvalue weighted by atomic mass is 32.2. The van der Waals surface area contributed by atoms with Gasteiger partial charge < -0.3 is 14.8 Å². The van der Waals surface area contributed by atoms with Crippen molar-refractivity contribution in [2.45, 2.75) is 18.7 Å². The first-order valence-electron chi connectivity index (χ1n) is 7.80. The summed E-state index contributed by atoms with van der Waals surface area (Å²) in [4.78, 5) is 12.5. The lowest BCUT2D eigenvalue weighted by Gasteiger charge is -2.13. The SMILES string of the molecule is CCOc1ccc(NC(=O)CSc2ccc(F)c(F)c2)cc1OCC. The summed E-state index contributed by atoms with van der Waals surface area (Å²) in [5.74, 6) is -0.873. The molecule has 0 aliphatic rings. The van der Waals surface area contributed by atoms with Gasteiger partial charge in [0.15, 0.2) is 23.1 Å². The highest BCUT2D eigenvalue weighted by Gasteiger charge is 2.10. The van der Waals surface area contributed by atoms with E-state index in [-0.39, 0.29) is 11.7 Å². The Labute approximate surface area is 149 Å². The molecule has 25 heavy (non-hydrogen) atoms. The van der Waals surface area contributed by atoms with Gasteiger partial charge in [0, 0.05) is 16.6 Å². The summed E-state index contributed by atoms with van der Waals surface area (Å²) in [5, 5.41) is 2.74. The standard InChI is InChI=1S/C18H19F2NO3S/c1-3-23-16-8-5-12(9-17(16)24-4-2)21-18(22)11-25-13-6-7-14(19)15(20)10-13/h5-10H,3-4,11H2,1-2H3,(H,21,22). The van der Waals surface area contributed by atoms with Gasteiger partial charge in [0.25, 0.3) is 0 Å². The van der Waals surface area contributed by atoms with Crippen LogP contribution in [0.2, 0.25) is 0 Å². The normalized spacial score (nSPS) is 10.4. The highest BCUT2D eigenvalue weighted by Crippen LogP contribution is 2.30. The van der Waals surface area contributed by atoms with E-state index in [0.29, 0.717) is 35.3 Å². The van der Waals surface area contributed by atoms with Crippen molar-refractivity contribution in [2.24, 2.45) is 0 Å². The Balaban J connectivity index is 1.97. The first-order chi connectivity index (χ1) is 12.0. The summed E-state index contributed by atoms with van der Waals surface area (Å²) in [6.45, 7) is 4.72. The Kier molecular flexibility index (Phi) is 7.06. The second-order valence-corrected chi connectivity index (χ2v) is 5.99. The maximum absolute atomic E-state index is 13.2. The quantitative estimate of drug-likeness (QED) is 0.698. The molecule has 7 heteroatoms. The average molecular weight is 367 g/mol. The summed E-state index contributed by atoms with van der Waals surface area (Å²) >= 11 is 1.12. The number of anilines is 1. The molecule has 1 N–H and O–H groups in total. The number of hydrogen-bond acceptors (Lipinski definition) is 4. The predicted molar refractivity (Wildman–Crippen MR) is 94.5 cm³/mol. The van der Waals surface area contributed by atoms with Crippen LogP contribution in [0.3, 0.4) is 0 Å². The van der Waals surface area contributed by atoms with Crippen LogP contribution in [0.5, 0.6) is 11.5 Å².